The second-order valence-corrected chi connectivity index (χ2v) is 4.88. The van der Waals surface area contributed by atoms with Crippen LogP contribution in [0.1, 0.15) is 18.4 Å². The minimum atomic E-state index is -0.804. The molecule has 0 unspecified atom stereocenters. The Bertz CT molecular complexity index is 542. The Morgan fingerprint density at radius 2 is 2.00 bits per heavy atom. The van der Waals surface area contributed by atoms with Crippen LogP contribution < -0.4 is 10.7 Å². The van der Waals surface area contributed by atoms with E-state index in [-0.39, 0.29) is 6.04 Å². The van der Waals surface area contributed by atoms with Crippen LogP contribution in [0.5, 0.6) is 0 Å². The SMILES string of the molecule is O=C(N/N=C/c1cccc(Cl)c1Cl)C(=O)NC1CC1. The van der Waals surface area contributed by atoms with Crippen molar-refractivity contribution in [3.63, 3.8) is 0 Å². The topological polar surface area (TPSA) is 70.6 Å². The first-order valence-corrected chi connectivity index (χ1v) is 6.41. The van der Waals surface area contributed by atoms with Crippen LogP contribution in [0.2, 0.25) is 10.0 Å². The molecule has 2 amide bonds. The molecule has 19 heavy (non-hydrogen) atoms. The minimum Gasteiger partial charge on any atom is -0.345 e. The van der Waals surface area contributed by atoms with Gasteiger partial charge in [0.25, 0.3) is 0 Å². The van der Waals surface area contributed by atoms with Gasteiger partial charge in [-0.3, -0.25) is 9.59 Å². The molecular formula is C12H11Cl2N3O2. The molecule has 0 atom stereocenters. The molecule has 0 aliphatic heterocycles. The minimum absolute atomic E-state index is 0.129. The number of amides is 2. The molecule has 5 nitrogen and oxygen atoms in total. The van der Waals surface area contributed by atoms with Gasteiger partial charge in [0.1, 0.15) is 0 Å². The third kappa shape index (κ3) is 3.94. The summed E-state index contributed by atoms with van der Waals surface area (Å²) in [6.07, 6.45) is 3.16. The largest absolute Gasteiger partial charge is 0.345 e. The van der Waals surface area contributed by atoms with Crippen LogP contribution in [0.25, 0.3) is 0 Å². The van der Waals surface area contributed by atoms with Gasteiger partial charge < -0.3 is 5.32 Å². The van der Waals surface area contributed by atoms with Crippen LogP contribution in [-0.2, 0) is 9.59 Å². The van der Waals surface area contributed by atoms with E-state index in [1.54, 1.807) is 18.2 Å². The molecule has 1 aromatic rings. The fourth-order valence-electron chi connectivity index (χ4n) is 1.31. The molecule has 7 heteroatoms. The van der Waals surface area contributed by atoms with Crippen molar-refractivity contribution in [3.8, 4) is 0 Å². The highest BCUT2D eigenvalue weighted by molar-refractivity contribution is 6.43. The Kier molecular flexibility index (Phi) is 4.39. The standard InChI is InChI=1S/C12H11Cl2N3O2/c13-9-3-1-2-7(10(9)14)6-15-17-12(19)11(18)16-8-4-5-8/h1-3,6,8H,4-5H2,(H,16,18)(H,17,19)/b15-6+. The molecule has 1 aromatic carbocycles. The lowest BCUT2D eigenvalue weighted by atomic mass is 10.2. The monoisotopic (exact) mass is 299 g/mol. The maximum Gasteiger partial charge on any atom is 0.329 e. The van der Waals surface area contributed by atoms with Crippen LogP contribution in [0.3, 0.4) is 0 Å². The van der Waals surface area contributed by atoms with E-state index < -0.39 is 11.8 Å². The Morgan fingerprint density at radius 3 is 2.68 bits per heavy atom. The molecule has 0 spiro atoms. The first-order chi connectivity index (χ1) is 9.08. The zero-order valence-electron chi connectivity index (χ0n) is 9.82. The van der Waals surface area contributed by atoms with Crippen molar-refractivity contribution in [2.75, 3.05) is 0 Å². The molecule has 2 N–H and O–H groups in total. The number of benzene rings is 1. The summed E-state index contributed by atoms with van der Waals surface area (Å²) in [5.41, 5.74) is 2.68. The van der Waals surface area contributed by atoms with Crippen LogP contribution in [0.4, 0.5) is 0 Å². The first kappa shape index (κ1) is 13.8. The maximum atomic E-state index is 11.4. The van der Waals surface area contributed by atoms with Crippen molar-refractivity contribution >= 4 is 41.2 Å². The molecule has 1 aliphatic rings. The zero-order valence-corrected chi connectivity index (χ0v) is 11.3. The number of carbonyl (C=O) groups excluding carboxylic acids is 2. The number of rotatable bonds is 3. The van der Waals surface area contributed by atoms with Gasteiger partial charge in [-0.1, -0.05) is 35.3 Å². The van der Waals surface area contributed by atoms with Gasteiger partial charge in [-0.05, 0) is 18.9 Å². The Labute approximate surface area is 120 Å². The summed E-state index contributed by atoms with van der Waals surface area (Å²) in [5.74, 6) is -1.49. The van der Waals surface area contributed by atoms with Crippen molar-refractivity contribution in [2.45, 2.75) is 18.9 Å². The highest BCUT2D eigenvalue weighted by Gasteiger charge is 2.26. The van der Waals surface area contributed by atoms with Crippen molar-refractivity contribution in [1.82, 2.24) is 10.7 Å². The summed E-state index contributed by atoms with van der Waals surface area (Å²) in [5, 5.41) is 6.94. The molecular weight excluding hydrogens is 289 g/mol. The van der Waals surface area contributed by atoms with E-state index in [9.17, 15) is 9.59 Å². The van der Waals surface area contributed by atoms with E-state index in [0.717, 1.165) is 12.8 Å². The molecule has 0 aromatic heterocycles. The van der Waals surface area contributed by atoms with Gasteiger partial charge in [-0.15, -0.1) is 0 Å². The number of hydrogen-bond donors (Lipinski definition) is 2. The molecule has 1 saturated carbocycles. The molecule has 0 radical (unpaired) electrons. The van der Waals surface area contributed by atoms with Crippen LogP contribution in [0.15, 0.2) is 23.3 Å². The van der Waals surface area contributed by atoms with Gasteiger partial charge in [-0.2, -0.15) is 5.10 Å². The first-order valence-electron chi connectivity index (χ1n) is 5.66. The predicted molar refractivity (Wildman–Crippen MR) is 73.4 cm³/mol. The molecule has 1 aliphatic carbocycles. The quantitative estimate of drug-likeness (QED) is 0.507. The van der Waals surface area contributed by atoms with E-state index in [2.05, 4.69) is 15.8 Å². The van der Waals surface area contributed by atoms with Gasteiger partial charge >= 0.3 is 11.8 Å². The molecule has 0 saturated heterocycles. The highest BCUT2D eigenvalue weighted by atomic mass is 35.5. The molecule has 1 fully saturated rings. The summed E-state index contributed by atoms with van der Waals surface area (Å²) in [4.78, 5) is 22.7. The van der Waals surface area contributed by atoms with Gasteiger partial charge in [0.05, 0.1) is 16.3 Å². The average molecular weight is 300 g/mol. The summed E-state index contributed by atoms with van der Waals surface area (Å²) in [6.45, 7) is 0. The summed E-state index contributed by atoms with van der Waals surface area (Å²) in [6, 6.07) is 5.17. The maximum absolute atomic E-state index is 11.4. The lowest BCUT2D eigenvalue weighted by Crippen LogP contribution is -2.38. The van der Waals surface area contributed by atoms with Crippen LogP contribution in [-0.4, -0.2) is 24.1 Å². The highest BCUT2D eigenvalue weighted by Crippen LogP contribution is 2.24. The molecule has 100 valence electrons. The number of carbonyl (C=O) groups is 2. The lowest BCUT2D eigenvalue weighted by Gasteiger charge is -2.01. The smallest absolute Gasteiger partial charge is 0.329 e. The van der Waals surface area contributed by atoms with Crippen molar-refractivity contribution < 1.29 is 9.59 Å². The zero-order chi connectivity index (χ0) is 13.8. The van der Waals surface area contributed by atoms with Gasteiger partial charge in [-0.25, -0.2) is 5.43 Å². The van der Waals surface area contributed by atoms with Gasteiger partial charge in [0.2, 0.25) is 0 Å². The van der Waals surface area contributed by atoms with Crippen LogP contribution >= 0.6 is 23.2 Å². The molecule has 0 heterocycles. The van der Waals surface area contributed by atoms with E-state index in [1.165, 1.54) is 6.21 Å². The number of hydrogen-bond acceptors (Lipinski definition) is 3. The average Bonchev–Trinajstić information content (AvgIpc) is 3.18. The fourth-order valence-corrected chi connectivity index (χ4v) is 1.67. The molecule has 2 rings (SSSR count). The lowest BCUT2D eigenvalue weighted by molar-refractivity contribution is -0.139. The molecule has 0 bridgehead atoms. The number of nitrogens with one attached hydrogen (secondary N) is 2. The Balaban J connectivity index is 1.90. The Morgan fingerprint density at radius 1 is 1.26 bits per heavy atom. The summed E-state index contributed by atoms with van der Waals surface area (Å²) >= 11 is 11.8. The number of halogens is 2. The van der Waals surface area contributed by atoms with E-state index >= 15 is 0 Å². The van der Waals surface area contributed by atoms with E-state index in [1.807, 2.05) is 0 Å². The Hall–Kier alpha value is -1.59. The second kappa shape index (κ2) is 6.04. The third-order valence-electron chi connectivity index (χ3n) is 2.47. The number of hydrazone groups is 1. The summed E-state index contributed by atoms with van der Waals surface area (Å²) < 4.78 is 0. The van der Waals surface area contributed by atoms with Gasteiger partial charge in [0.15, 0.2) is 0 Å². The normalized spacial score (nSPS) is 14.4. The number of nitrogens with zero attached hydrogens (tertiary/aromatic N) is 1. The van der Waals surface area contributed by atoms with Crippen molar-refractivity contribution in [2.24, 2.45) is 5.10 Å². The van der Waals surface area contributed by atoms with Crippen LogP contribution in [0, 0.1) is 0 Å². The van der Waals surface area contributed by atoms with E-state index in [4.69, 9.17) is 23.2 Å². The fraction of sp³-hybridized carbons (Fsp3) is 0.250. The second-order valence-electron chi connectivity index (χ2n) is 4.09. The van der Waals surface area contributed by atoms with E-state index in [0.29, 0.717) is 15.6 Å². The van der Waals surface area contributed by atoms with Gasteiger partial charge in [0, 0.05) is 11.6 Å². The predicted octanol–water partition coefficient (Wildman–Crippen LogP) is 1.72. The summed E-state index contributed by atoms with van der Waals surface area (Å²) in [7, 11) is 0. The van der Waals surface area contributed by atoms with Crippen molar-refractivity contribution in [1.29, 1.82) is 0 Å². The van der Waals surface area contributed by atoms with Crippen molar-refractivity contribution in [3.05, 3.63) is 33.8 Å². The third-order valence-corrected chi connectivity index (χ3v) is 3.30.